The lowest BCUT2D eigenvalue weighted by atomic mass is 10.1. The average Bonchev–Trinajstić information content (AvgIpc) is 2.59. The van der Waals surface area contributed by atoms with Crippen molar-refractivity contribution in [2.75, 3.05) is 46.6 Å². The number of hydrogen-bond acceptors (Lipinski definition) is 4. The third kappa shape index (κ3) is 4.47. The molecular formula is C11H24N2O2. The Morgan fingerprint density at radius 1 is 1.33 bits per heavy atom. The van der Waals surface area contributed by atoms with Crippen molar-refractivity contribution >= 4 is 0 Å². The van der Waals surface area contributed by atoms with Crippen LogP contribution in [0.1, 0.15) is 13.3 Å². The molecule has 1 rings (SSSR count). The lowest BCUT2D eigenvalue weighted by Gasteiger charge is -2.20. The fourth-order valence-corrected chi connectivity index (χ4v) is 2.13. The summed E-state index contributed by atoms with van der Waals surface area (Å²) in [7, 11) is 1.69. The number of likely N-dealkylation sites (tertiary alicyclic amines) is 1. The summed E-state index contributed by atoms with van der Waals surface area (Å²) < 4.78 is 10.4. The summed E-state index contributed by atoms with van der Waals surface area (Å²) in [6, 6.07) is 0.657. The number of nitrogens with zero attached hydrogens (tertiary/aromatic N) is 1. The van der Waals surface area contributed by atoms with Gasteiger partial charge in [0, 0.05) is 26.2 Å². The molecule has 4 heteroatoms. The van der Waals surface area contributed by atoms with Gasteiger partial charge in [-0.2, -0.15) is 0 Å². The van der Waals surface area contributed by atoms with Crippen LogP contribution < -0.4 is 5.73 Å². The molecule has 2 unspecified atom stereocenters. The summed E-state index contributed by atoms with van der Waals surface area (Å²) in [6.45, 7) is 7.40. The molecule has 0 aromatic heterocycles. The van der Waals surface area contributed by atoms with Gasteiger partial charge >= 0.3 is 0 Å². The van der Waals surface area contributed by atoms with Gasteiger partial charge in [0.05, 0.1) is 19.8 Å². The van der Waals surface area contributed by atoms with Gasteiger partial charge in [0.1, 0.15) is 0 Å². The first-order valence-corrected chi connectivity index (χ1v) is 5.78. The zero-order valence-electron chi connectivity index (χ0n) is 9.95. The quantitative estimate of drug-likeness (QED) is 0.623. The molecule has 90 valence electrons. The average molecular weight is 216 g/mol. The Balaban J connectivity index is 2.06. The summed E-state index contributed by atoms with van der Waals surface area (Å²) in [6.07, 6.45) is 1.23. The number of rotatable bonds is 7. The predicted molar refractivity (Wildman–Crippen MR) is 60.9 cm³/mol. The van der Waals surface area contributed by atoms with E-state index in [0.717, 1.165) is 26.2 Å². The highest BCUT2D eigenvalue weighted by molar-refractivity contribution is 4.82. The summed E-state index contributed by atoms with van der Waals surface area (Å²) >= 11 is 0. The predicted octanol–water partition coefficient (Wildman–Crippen LogP) is 0.319. The van der Waals surface area contributed by atoms with Gasteiger partial charge in [0.2, 0.25) is 0 Å². The van der Waals surface area contributed by atoms with Crippen molar-refractivity contribution in [1.82, 2.24) is 4.90 Å². The normalized spacial score (nSPS) is 27.4. The highest BCUT2D eigenvalue weighted by Gasteiger charge is 2.27. The Morgan fingerprint density at radius 2 is 2.13 bits per heavy atom. The molecule has 1 fully saturated rings. The van der Waals surface area contributed by atoms with Crippen LogP contribution in [0, 0.1) is 5.92 Å². The van der Waals surface area contributed by atoms with Gasteiger partial charge in [-0.25, -0.2) is 0 Å². The molecule has 0 amide bonds. The maximum absolute atomic E-state index is 5.68. The zero-order valence-corrected chi connectivity index (χ0v) is 9.95. The molecule has 0 saturated carbocycles. The summed E-state index contributed by atoms with van der Waals surface area (Å²) in [5.74, 6) is 0.680. The van der Waals surface area contributed by atoms with Crippen molar-refractivity contribution in [1.29, 1.82) is 0 Å². The zero-order chi connectivity index (χ0) is 11.1. The number of nitrogens with two attached hydrogens (primary N) is 1. The van der Waals surface area contributed by atoms with E-state index in [0.29, 0.717) is 25.2 Å². The minimum Gasteiger partial charge on any atom is -0.382 e. The number of hydrogen-bond donors (Lipinski definition) is 1. The lowest BCUT2D eigenvalue weighted by Crippen LogP contribution is -2.31. The van der Waals surface area contributed by atoms with E-state index < -0.39 is 0 Å². The van der Waals surface area contributed by atoms with E-state index in [1.165, 1.54) is 6.42 Å². The second-order valence-electron chi connectivity index (χ2n) is 4.29. The smallest absolute Gasteiger partial charge is 0.0700 e. The van der Waals surface area contributed by atoms with E-state index in [4.69, 9.17) is 15.2 Å². The Bertz CT molecular complexity index is 167. The Hall–Kier alpha value is -0.160. The van der Waals surface area contributed by atoms with Gasteiger partial charge in [0.25, 0.3) is 0 Å². The molecule has 0 bridgehead atoms. The van der Waals surface area contributed by atoms with E-state index in [2.05, 4.69) is 11.8 Å². The molecule has 1 saturated heterocycles. The number of ether oxygens (including phenoxy) is 2. The minimum atomic E-state index is 0.657. The molecule has 0 aromatic rings. The molecule has 1 aliphatic heterocycles. The third-order valence-corrected chi connectivity index (χ3v) is 3.08. The van der Waals surface area contributed by atoms with Gasteiger partial charge in [0.15, 0.2) is 0 Å². The first-order chi connectivity index (χ1) is 7.27. The molecule has 0 spiro atoms. The van der Waals surface area contributed by atoms with Crippen LogP contribution in [0.5, 0.6) is 0 Å². The van der Waals surface area contributed by atoms with Crippen LogP contribution in [0.15, 0.2) is 0 Å². The summed E-state index contributed by atoms with van der Waals surface area (Å²) in [5, 5.41) is 0. The van der Waals surface area contributed by atoms with Crippen LogP contribution in [-0.4, -0.2) is 57.5 Å². The minimum absolute atomic E-state index is 0.657. The van der Waals surface area contributed by atoms with E-state index in [1.807, 2.05) is 0 Å². The van der Waals surface area contributed by atoms with Gasteiger partial charge in [-0.1, -0.05) is 0 Å². The summed E-state index contributed by atoms with van der Waals surface area (Å²) in [5.41, 5.74) is 5.68. The van der Waals surface area contributed by atoms with Gasteiger partial charge in [-0.05, 0) is 25.8 Å². The third-order valence-electron chi connectivity index (χ3n) is 3.08. The van der Waals surface area contributed by atoms with Crippen molar-refractivity contribution in [3.05, 3.63) is 0 Å². The molecule has 1 heterocycles. The monoisotopic (exact) mass is 216 g/mol. The molecule has 0 radical (unpaired) electrons. The van der Waals surface area contributed by atoms with Gasteiger partial charge < -0.3 is 15.2 Å². The maximum atomic E-state index is 5.68. The molecule has 0 aromatic carbocycles. The second-order valence-corrected chi connectivity index (χ2v) is 4.29. The lowest BCUT2D eigenvalue weighted by molar-refractivity contribution is 0.0559. The van der Waals surface area contributed by atoms with Crippen LogP contribution in [0.3, 0.4) is 0 Å². The van der Waals surface area contributed by atoms with Gasteiger partial charge in [-0.3, -0.25) is 4.90 Å². The Morgan fingerprint density at radius 3 is 2.73 bits per heavy atom. The molecule has 2 atom stereocenters. The van der Waals surface area contributed by atoms with Crippen LogP contribution in [-0.2, 0) is 9.47 Å². The highest BCUT2D eigenvalue weighted by atomic mass is 16.5. The van der Waals surface area contributed by atoms with Crippen LogP contribution >= 0.6 is 0 Å². The Kier molecular flexibility index (Phi) is 6.17. The van der Waals surface area contributed by atoms with Crippen LogP contribution in [0.4, 0.5) is 0 Å². The largest absolute Gasteiger partial charge is 0.382 e. The summed E-state index contributed by atoms with van der Waals surface area (Å²) in [4.78, 5) is 2.46. The molecule has 15 heavy (non-hydrogen) atoms. The van der Waals surface area contributed by atoms with Gasteiger partial charge in [-0.15, -0.1) is 0 Å². The fraction of sp³-hybridized carbons (Fsp3) is 1.00. The number of methoxy groups -OCH3 is 1. The van der Waals surface area contributed by atoms with E-state index in [1.54, 1.807) is 7.11 Å². The van der Waals surface area contributed by atoms with E-state index >= 15 is 0 Å². The van der Waals surface area contributed by atoms with Crippen molar-refractivity contribution in [3.8, 4) is 0 Å². The first-order valence-electron chi connectivity index (χ1n) is 5.78. The highest BCUT2D eigenvalue weighted by Crippen LogP contribution is 2.21. The van der Waals surface area contributed by atoms with E-state index in [9.17, 15) is 0 Å². The molecule has 2 N–H and O–H groups in total. The second kappa shape index (κ2) is 7.17. The topological polar surface area (TPSA) is 47.7 Å². The first kappa shape index (κ1) is 12.9. The molecular weight excluding hydrogens is 192 g/mol. The molecule has 4 nitrogen and oxygen atoms in total. The van der Waals surface area contributed by atoms with Crippen molar-refractivity contribution in [3.63, 3.8) is 0 Å². The molecule has 1 aliphatic rings. The van der Waals surface area contributed by atoms with Crippen LogP contribution in [0.25, 0.3) is 0 Å². The fourth-order valence-electron chi connectivity index (χ4n) is 2.13. The van der Waals surface area contributed by atoms with Crippen molar-refractivity contribution in [2.45, 2.75) is 19.4 Å². The molecule has 0 aliphatic carbocycles. The van der Waals surface area contributed by atoms with Crippen molar-refractivity contribution < 1.29 is 9.47 Å². The standard InChI is InChI=1S/C11H24N2O2/c1-10-7-11(8-12)9-13(10)3-4-15-6-5-14-2/h10-11H,3-9,12H2,1-2H3. The Labute approximate surface area is 92.7 Å². The maximum Gasteiger partial charge on any atom is 0.0700 e. The SMILES string of the molecule is COCCOCCN1CC(CN)CC1C. The van der Waals surface area contributed by atoms with E-state index in [-0.39, 0.29) is 0 Å². The van der Waals surface area contributed by atoms with Crippen LogP contribution in [0.2, 0.25) is 0 Å². The van der Waals surface area contributed by atoms with Crippen molar-refractivity contribution in [2.24, 2.45) is 11.7 Å².